The molecule has 0 unspecified atom stereocenters. The monoisotopic (exact) mass is 465 g/mol. The maximum atomic E-state index is 13.4. The zero-order chi connectivity index (χ0) is 24.2. The predicted octanol–water partition coefficient (Wildman–Crippen LogP) is 7.24. The number of para-hydroxylation sites is 1. The van der Waals surface area contributed by atoms with Crippen molar-refractivity contribution in [3.8, 4) is 11.3 Å². The Hall–Kier alpha value is -3.86. The van der Waals surface area contributed by atoms with Gasteiger partial charge < -0.3 is 0 Å². The van der Waals surface area contributed by atoms with Gasteiger partial charge in [-0.2, -0.15) is 5.10 Å². The van der Waals surface area contributed by atoms with Crippen molar-refractivity contribution < 1.29 is 9.18 Å². The second-order valence-electron chi connectivity index (χ2n) is 9.17. The zero-order valence-corrected chi connectivity index (χ0v) is 19.8. The predicted molar refractivity (Wildman–Crippen MR) is 139 cm³/mol. The molecule has 4 aromatic rings. The van der Waals surface area contributed by atoms with Gasteiger partial charge in [-0.1, -0.05) is 61.7 Å². The smallest absolute Gasteiger partial charge is 0.267 e. The number of nitrogens with zero attached hydrogens (tertiary/aromatic N) is 2. The molecule has 5 rings (SSSR count). The number of hydrogen-bond donors (Lipinski definition) is 1. The fourth-order valence-electron chi connectivity index (χ4n) is 4.82. The highest BCUT2D eigenvalue weighted by Gasteiger charge is 2.16. The summed E-state index contributed by atoms with van der Waals surface area (Å²) >= 11 is 0. The molecule has 0 radical (unpaired) electrons. The van der Waals surface area contributed by atoms with Crippen LogP contribution in [-0.4, -0.2) is 16.6 Å². The summed E-state index contributed by atoms with van der Waals surface area (Å²) in [4.78, 5) is 17.9. The molecule has 4 nitrogen and oxygen atoms in total. The molecular weight excluding hydrogens is 437 g/mol. The Morgan fingerprint density at radius 3 is 2.40 bits per heavy atom. The molecule has 1 heterocycles. The van der Waals surface area contributed by atoms with E-state index in [1.165, 1.54) is 49.8 Å². The van der Waals surface area contributed by atoms with E-state index < -0.39 is 0 Å². The van der Waals surface area contributed by atoms with Crippen molar-refractivity contribution in [3.63, 3.8) is 0 Å². The third kappa shape index (κ3) is 5.14. The number of carbonyl (C=O) groups excluding carboxylic acids is 1. The maximum absolute atomic E-state index is 13.4. The molecule has 1 aliphatic rings. The Balaban J connectivity index is 1.38. The fourth-order valence-corrected chi connectivity index (χ4v) is 4.82. The second kappa shape index (κ2) is 10.2. The van der Waals surface area contributed by atoms with Gasteiger partial charge in [0.25, 0.3) is 5.91 Å². The van der Waals surface area contributed by atoms with Crippen LogP contribution >= 0.6 is 0 Å². The Morgan fingerprint density at radius 1 is 0.943 bits per heavy atom. The summed E-state index contributed by atoms with van der Waals surface area (Å²) < 4.78 is 13.4. The lowest BCUT2D eigenvalue weighted by Crippen LogP contribution is -2.20. The van der Waals surface area contributed by atoms with Crippen molar-refractivity contribution >= 4 is 22.5 Å². The molecule has 1 aromatic heterocycles. The summed E-state index contributed by atoms with van der Waals surface area (Å²) in [5, 5.41) is 5.12. The molecule has 0 atom stereocenters. The Morgan fingerprint density at radius 2 is 1.66 bits per heavy atom. The van der Waals surface area contributed by atoms with Gasteiger partial charge in [0.2, 0.25) is 0 Å². The summed E-state index contributed by atoms with van der Waals surface area (Å²) in [6, 6.07) is 23.9. The molecule has 176 valence electrons. The number of pyridine rings is 1. The van der Waals surface area contributed by atoms with Crippen molar-refractivity contribution in [1.82, 2.24) is 10.4 Å². The molecular formula is C30H28FN3O. The number of rotatable bonds is 5. The van der Waals surface area contributed by atoms with Crippen molar-refractivity contribution in [1.29, 1.82) is 0 Å². The number of benzene rings is 3. The van der Waals surface area contributed by atoms with E-state index in [-0.39, 0.29) is 11.7 Å². The van der Waals surface area contributed by atoms with E-state index in [1.807, 2.05) is 31.2 Å². The summed E-state index contributed by atoms with van der Waals surface area (Å²) in [5.74, 6) is 0.0271. The standard InChI is InChI=1S/C30H28FN3O/c1-20(21-11-13-23(14-12-21)22-7-3-2-4-8-22)33-34-30(35)27-19-29(24-15-17-25(31)18-16-24)32-28-10-6-5-9-26(27)28/h5-6,9-19,22H,2-4,7-8H2,1H3,(H,34,35). The number of carbonyl (C=O) groups is 1. The Bertz CT molecular complexity index is 1370. The first kappa shape index (κ1) is 22.9. The van der Waals surface area contributed by atoms with Gasteiger partial charge in [0, 0.05) is 10.9 Å². The van der Waals surface area contributed by atoms with Gasteiger partial charge >= 0.3 is 0 Å². The number of hydrogen-bond acceptors (Lipinski definition) is 3. The molecule has 3 aromatic carbocycles. The van der Waals surface area contributed by atoms with E-state index in [9.17, 15) is 9.18 Å². The molecule has 1 N–H and O–H groups in total. The number of amides is 1. The molecule has 0 aliphatic heterocycles. The van der Waals surface area contributed by atoms with E-state index in [0.717, 1.165) is 22.2 Å². The topological polar surface area (TPSA) is 54.4 Å². The minimum absolute atomic E-state index is 0.315. The molecule has 35 heavy (non-hydrogen) atoms. The molecule has 5 heteroatoms. The second-order valence-corrected chi connectivity index (χ2v) is 9.17. The van der Waals surface area contributed by atoms with E-state index in [0.29, 0.717) is 22.7 Å². The van der Waals surface area contributed by atoms with E-state index >= 15 is 0 Å². The van der Waals surface area contributed by atoms with Crippen LogP contribution in [0.15, 0.2) is 84.0 Å². The van der Waals surface area contributed by atoms with Gasteiger partial charge in [0.1, 0.15) is 5.82 Å². The van der Waals surface area contributed by atoms with Gasteiger partial charge in [0.15, 0.2) is 0 Å². The molecule has 0 spiro atoms. The molecule has 1 fully saturated rings. The molecule has 1 amide bonds. The van der Waals surface area contributed by atoms with Gasteiger partial charge in [0.05, 0.1) is 22.5 Å². The molecule has 0 bridgehead atoms. The van der Waals surface area contributed by atoms with Crippen LogP contribution in [0.4, 0.5) is 4.39 Å². The Kier molecular flexibility index (Phi) is 6.66. The highest BCUT2D eigenvalue weighted by Crippen LogP contribution is 2.32. The minimum Gasteiger partial charge on any atom is -0.267 e. The summed E-state index contributed by atoms with van der Waals surface area (Å²) in [6.07, 6.45) is 6.50. The van der Waals surface area contributed by atoms with Crippen LogP contribution < -0.4 is 5.43 Å². The highest BCUT2D eigenvalue weighted by atomic mass is 19.1. The first-order valence-electron chi connectivity index (χ1n) is 12.2. The minimum atomic E-state index is -0.316. The lowest BCUT2D eigenvalue weighted by Gasteiger charge is -2.22. The van der Waals surface area contributed by atoms with Crippen LogP contribution in [0.2, 0.25) is 0 Å². The maximum Gasteiger partial charge on any atom is 0.272 e. The quantitative estimate of drug-likeness (QED) is 0.249. The number of fused-ring (bicyclic) bond motifs is 1. The van der Waals surface area contributed by atoms with Gasteiger partial charge in [-0.25, -0.2) is 14.8 Å². The average Bonchev–Trinajstić information content (AvgIpc) is 2.92. The van der Waals surface area contributed by atoms with Crippen LogP contribution in [-0.2, 0) is 0 Å². The highest BCUT2D eigenvalue weighted by molar-refractivity contribution is 6.08. The first-order chi connectivity index (χ1) is 17.1. The summed E-state index contributed by atoms with van der Waals surface area (Å²) in [5.41, 5.74) is 8.34. The van der Waals surface area contributed by atoms with Crippen molar-refractivity contribution in [2.24, 2.45) is 5.10 Å². The molecule has 1 saturated carbocycles. The normalized spacial score (nSPS) is 14.7. The SMILES string of the molecule is CC(=NNC(=O)c1cc(-c2ccc(F)cc2)nc2ccccc12)c1ccc(C2CCCCC2)cc1. The van der Waals surface area contributed by atoms with Crippen LogP contribution in [0, 0.1) is 5.82 Å². The van der Waals surface area contributed by atoms with Gasteiger partial charge in [-0.3, -0.25) is 4.79 Å². The molecule has 0 saturated heterocycles. The fraction of sp³-hybridized carbons (Fsp3) is 0.233. The van der Waals surface area contributed by atoms with Crippen LogP contribution in [0.3, 0.4) is 0 Å². The third-order valence-electron chi connectivity index (χ3n) is 6.83. The van der Waals surface area contributed by atoms with Crippen molar-refractivity contribution in [2.75, 3.05) is 0 Å². The van der Waals surface area contributed by atoms with Crippen molar-refractivity contribution in [2.45, 2.75) is 44.9 Å². The number of aromatic nitrogens is 1. The van der Waals surface area contributed by atoms with E-state index in [4.69, 9.17) is 0 Å². The lowest BCUT2D eigenvalue weighted by molar-refractivity contribution is 0.0956. The van der Waals surface area contributed by atoms with Crippen molar-refractivity contribution in [3.05, 3.63) is 101 Å². The molecule has 1 aliphatic carbocycles. The van der Waals surface area contributed by atoms with E-state index in [1.54, 1.807) is 18.2 Å². The van der Waals surface area contributed by atoms with Crippen LogP contribution in [0.5, 0.6) is 0 Å². The first-order valence-corrected chi connectivity index (χ1v) is 12.2. The third-order valence-corrected chi connectivity index (χ3v) is 6.83. The average molecular weight is 466 g/mol. The van der Waals surface area contributed by atoms with E-state index in [2.05, 4.69) is 39.8 Å². The largest absolute Gasteiger partial charge is 0.272 e. The van der Waals surface area contributed by atoms with Crippen LogP contribution in [0.1, 0.15) is 66.4 Å². The summed E-state index contributed by atoms with van der Waals surface area (Å²) in [6.45, 7) is 1.89. The number of nitrogens with one attached hydrogen (secondary N) is 1. The summed E-state index contributed by atoms with van der Waals surface area (Å²) in [7, 11) is 0. The zero-order valence-electron chi connectivity index (χ0n) is 19.8. The van der Waals surface area contributed by atoms with Gasteiger partial charge in [-0.05, 0) is 73.2 Å². The van der Waals surface area contributed by atoms with Gasteiger partial charge in [-0.15, -0.1) is 0 Å². The lowest BCUT2D eigenvalue weighted by atomic mass is 9.84. The van der Waals surface area contributed by atoms with Crippen LogP contribution in [0.25, 0.3) is 22.2 Å². The number of halogens is 1. The number of hydrazone groups is 1. The Labute approximate surface area is 204 Å².